The van der Waals surface area contributed by atoms with Gasteiger partial charge in [-0.2, -0.15) is 13.2 Å². The number of methoxy groups -OCH3 is 1. The van der Waals surface area contributed by atoms with Crippen molar-refractivity contribution in [3.05, 3.63) is 146 Å². The second-order valence-electron chi connectivity index (χ2n) is 12.3. The molecule has 2 amide bonds. The Morgan fingerprint density at radius 1 is 0.759 bits per heavy atom. The van der Waals surface area contributed by atoms with E-state index in [0.29, 0.717) is 42.5 Å². The van der Waals surface area contributed by atoms with Crippen LogP contribution in [0.2, 0.25) is 10.0 Å². The number of aromatic nitrogens is 2. The summed E-state index contributed by atoms with van der Waals surface area (Å²) in [6, 6.07) is 23.2. The maximum absolute atomic E-state index is 12.7. The lowest BCUT2D eigenvalue weighted by Crippen LogP contribution is -2.42. The van der Waals surface area contributed by atoms with Crippen molar-refractivity contribution < 1.29 is 47.3 Å². The molecule has 11 nitrogen and oxygen atoms in total. The summed E-state index contributed by atoms with van der Waals surface area (Å²) in [5.41, 5.74) is 2.02. The molecule has 6 rings (SSSR count). The van der Waals surface area contributed by atoms with Crippen LogP contribution in [-0.4, -0.2) is 57.1 Å². The first-order chi connectivity index (χ1) is 27.6. The Labute approximate surface area is 347 Å². The Hall–Kier alpha value is -5.81. The molecule has 0 saturated carbocycles. The second kappa shape index (κ2) is 19.6. The first-order valence-electron chi connectivity index (χ1n) is 16.9. The minimum atomic E-state index is -4.44. The standard InChI is InChI=1S/C20H14ClF3N2O3S.C20H17ClN2O4S/c21-14-7-1-11(2-8-14)9-15(19(28)29)25-17(27)16-10-30-18(26-16)12-3-5-13(6-4-12)20(22,23)24;1-27-15-4-2-3-13(9-15)16(10-18(24)25)22-19(26)17-11-28-20(23-17)12-5-7-14(21)8-6-12/h1-8,10,15H,9H2,(H,25,27)(H,28,29);2-9,11,16H,10H2,1H3,(H,22,26)(H,24,25)/t15-;16-/m00/s1. The van der Waals surface area contributed by atoms with Gasteiger partial charge in [0.2, 0.25) is 0 Å². The number of nitrogens with zero attached hydrogens (tertiary/aromatic N) is 2. The van der Waals surface area contributed by atoms with Gasteiger partial charge in [-0.25, -0.2) is 14.8 Å². The van der Waals surface area contributed by atoms with Gasteiger partial charge >= 0.3 is 18.1 Å². The third-order valence-electron chi connectivity index (χ3n) is 8.16. The fourth-order valence-corrected chi connectivity index (χ4v) is 7.09. The number of carboxylic acid groups (broad SMARTS) is 2. The molecule has 0 fully saturated rings. The van der Waals surface area contributed by atoms with Crippen LogP contribution in [0.5, 0.6) is 5.75 Å². The van der Waals surface area contributed by atoms with E-state index >= 15 is 0 Å². The number of amides is 2. The average Bonchev–Trinajstić information content (AvgIpc) is 3.90. The number of rotatable bonds is 13. The van der Waals surface area contributed by atoms with E-state index in [1.54, 1.807) is 66.0 Å². The molecule has 2 heterocycles. The number of aliphatic carboxylic acids is 2. The number of halogens is 5. The van der Waals surface area contributed by atoms with Gasteiger partial charge in [0.15, 0.2) is 0 Å². The van der Waals surface area contributed by atoms with Gasteiger partial charge in [0.1, 0.15) is 33.2 Å². The predicted octanol–water partition coefficient (Wildman–Crippen LogP) is 9.33. The quantitative estimate of drug-likeness (QED) is 0.0884. The van der Waals surface area contributed by atoms with Crippen molar-refractivity contribution in [2.24, 2.45) is 0 Å². The lowest BCUT2D eigenvalue weighted by molar-refractivity contribution is -0.139. The summed E-state index contributed by atoms with van der Waals surface area (Å²) in [6.45, 7) is 0. The van der Waals surface area contributed by atoms with Crippen LogP contribution in [0.1, 0.15) is 50.1 Å². The van der Waals surface area contributed by atoms with Gasteiger partial charge in [-0.1, -0.05) is 71.7 Å². The zero-order valence-corrected chi connectivity index (χ0v) is 33.1. The van der Waals surface area contributed by atoms with Crippen LogP contribution >= 0.6 is 45.9 Å². The summed E-state index contributed by atoms with van der Waals surface area (Å²) in [5.74, 6) is -2.78. The molecule has 300 valence electrons. The second-order valence-corrected chi connectivity index (χ2v) is 14.8. The molecule has 18 heteroatoms. The van der Waals surface area contributed by atoms with Gasteiger partial charge in [0.25, 0.3) is 11.8 Å². The van der Waals surface area contributed by atoms with Crippen molar-refractivity contribution >= 4 is 69.6 Å². The number of hydrogen-bond donors (Lipinski definition) is 4. The Kier molecular flexibility index (Phi) is 14.6. The smallest absolute Gasteiger partial charge is 0.416 e. The van der Waals surface area contributed by atoms with E-state index in [1.807, 2.05) is 12.1 Å². The summed E-state index contributed by atoms with van der Waals surface area (Å²) in [7, 11) is 1.53. The number of carbonyl (C=O) groups is 4. The van der Waals surface area contributed by atoms with Gasteiger partial charge in [-0.15, -0.1) is 22.7 Å². The van der Waals surface area contributed by atoms with Crippen LogP contribution in [0.25, 0.3) is 21.1 Å². The van der Waals surface area contributed by atoms with E-state index in [2.05, 4.69) is 20.6 Å². The molecule has 0 aliphatic rings. The SMILES string of the molecule is COc1cccc([C@H](CC(=O)O)NC(=O)c2csc(-c3ccc(Cl)cc3)n2)c1.O=C(N[C@@H](Cc1ccc(Cl)cc1)C(=O)O)c1csc(-c2ccc(C(F)(F)F)cc2)n1. The van der Waals surface area contributed by atoms with Gasteiger partial charge < -0.3 is 25.6 Å². The largest absolute Gasteiger partial charge is 0.497 e. The van der Waals surface area contributed by atoms with Crippen LogP contribution in [-0.2, 0) is 22.2 Å². The third kappa shape index (κ3) is 12.1. The van der Waals surface area contributed by atoms with Crippen molar-refractivity contribution in [2.75, 3.05) is 7.11 Å². The molecule has 0 saturated heterocycles. The Balaban J connectivity index is 0.000000221. The molecule has 0 bridgehead atoms. The highest BCUT2D eigenvalue weighted by Gasteiger charge is 2.30. The summed E-state index contributed by atoms with van der Waals surface area (Å²) < 4.78 is 43.2. The molecule has 0 unspecified atom stereocenters. The summed E-state index contributed by atoms with van der Waals surface area (Å²) in [4.78, 5) is 56.4. The molecule has 2 aromatic heterocycles. The van der Waals surface area contributed by atoms with E-state index in [-0.39, 0.29) is 24.2 Å². The number of nitrogens with one attached hydrogen (secondary N) is 2. The van der Waals surface area contributed by atoms with E-state index in [9.17, 15) is 42.6 Å². The highest BCUT2D eigenvalue weighted by molar-refractivity contribution is 7.13. The number of benzene rings is 4. The molecule has 6 aromatic rings. The van der Waals surface area contributed by atoms with Crippen molar-refractivity contribution in [1.82, 2.24) is 20.6 Å². The van der Waals surface area contributed by atoms with Crippen molar-refractivity contribution in [3.63, 3.8) is 0 Å². The van der Waals surface area contributed by atoms with Crippen molar-refractivity contribution in [1.29, 1.82) is 0 Å². The van der Waals surface area contributed by atoms with Gasteiger partial charge in [-0.3, -0.25) is 14.4 Å². The fraction of sp³-hybridized carbons (Fsp3) is 0.150. The normalized spacial score (nSPS) is 12.0. The number of hydrogen-bond acceptors (Lipinski definition) is 9. The third-order valence-corrected chi connectivity index (χ3v) is 10.4. The van der Waals surface area contributed by atoms with Gasteiger partial charge in [0, 0.05) is 38.4 Å². The van der Waals surface area contributed by atoms with Crippen LogP contribution in [0.3, 0.4) is 0 Å². The molecular formula is C40H31Cl2F3N4O7S2. The molecule has 4 N–H and O–H groups in total. The number of carboxylic acids is 2. The zero-order chi connectivity index (χ0) is 42.0. The maximum atomic E-state index is 12.7. The first-order valence-corrected chi connectivity index (χ1v) is 19.4. The monoisotopic (exact) mass is 870 g/mol. The van der Waals surface area contributed by atoms with E-state index in [4.69, 9.17) is 27.9 Å². The summed E-state index contributed by atoms with van der Waals surface area (Å²) in [5, 5.41) is 29.0. The molecular weight excluding hydrogens is 840 g/mol. The highest BCUT2D eigenvalue weighted by atomic mass is 35.5. The molecule has 58 heavy (non-hydrogen) atoms. The minimum absolute atomic E-state index is 0.0164. The Morgan fingerprint density at radius 3 is 1.78 bits per heavy atom. The fourth-order valence-electron chi connectivity index (χ4n) is 5.22. The summed E-state index contributed by atoms with van der Waals surface area (Å²) in [6.07, 6.45) is -4.65. The summed E-state index contributed by atoms with van der Waals surface area (Å²) >= 11 is 14.1. The van der Waals surface area contributed by atoms with E-state index < -0.39 is 47.6 Å². The molecule has 4 aromatic carbocycles. The van der Waals surface area contributed by atoms with Crippen LogP contribution < -0.4 is 15.4 Å². The number of carbonyl (C=O) groups excluding carboxylic acids is 2. The number of ether oxygens (including phenoxy) is 1. The zero-order valence-electron chi connectivity index (χ0n) is 30.0. The minimum Gasteiger partial charge on any atom is -0.497 e. The Morgan fingerprint density at radius 2 is 1.28 bits per heavy atom. The van der Waals surface area contributed by atoms with Crippen molar-refractivity contribution in [2.45, 2.75) is 31.1 Å². The van der Waals surface area contributed by atoms with Crippen LogP contribution in [0.15, 0.2) is 108 Å². The van der Waals surface area contributed by atoms with E-state index in [1.165, 1.54) is 36.0 Å². The van der Waals surface area contributed by atoms with Gasteiger partial charge in [-0.05, 0) is 59.7 Å². The highest BCUT2D eigenvalue weighted by Crippen LogP contribution is 2.32. The maximum Gasteiger partial charge on any atom is 0.416 e. The van der Waals surface area contributed by atoms with Crippen LogP contribution in [0, 0.1) is 0 Å². The van der Waals surface area contributed by atoms with Crippen molar-refractivity contribution in [3.8, 4) is 26.9 Å². The molecule has 0 radical (unpaired) electrons. The van der Waals surface area contributed by atoms with E-state index in [0.717, 1.165) is 29.0 Å². The molecule has 2 atom stereocenters. The lowest BCUT2D eigenvalue weighted by Gasteiger charge is -2.17. The molecule has 0 aliphatic carbocycles. The number of thiazole rings is 2. The Bertz CT molecular complexity index is 2370. The van der Waals surface area contributed by atoms with Crippen LogP contribution in [0.4, 0.5) is 13.2 Å². The first kappa shape index (κ1) is 43.3. The van der Waals surface area contributed by atoms with Gasteiger partial charge in [0.05, 0.1) is 25.1 Å². The topological polar surface area (TPSA) is 168 Å². The number of alkyl halides is 3. The lowest BCUT2D eigenvalue weighted by atomic mass is 10.0. The molecule has 0 spiro atoms. The molecule has 0 aliphatic heterocycles. The average molecular weight is 872 g/mol. The predicted molar refractivity (Wildman–Crippen MR) is 215 cm³/mol.